The number of hydrogen-bond donors (Lipinski definition) is 0. The third-order valence-corrected chi connectivity index (χ3v) is 12.0. The van der Waals surface area contributed by atoms with E-state index in [0.29, 0.717) is 13.2 Å². The van der Waals surface area contributed by atoms with E-state index in [0.717, 1.165) is 56.2 Å². The molecule has 0 saturated carbocycles. The summed E-state index contributed by atoms with van der Waals surface area (Å²) in [5.74, 6) is 0. The SMILES string of the molecule is CCCCOC[C@H]1O[C@H](CI)[C@H](O[Si](C)(C)C(C)(C)C)[C@@H](OCCCC)[C@@H]1OCCCC. The van der Waals surface area contributed by atoms with Crippen molar-refractivity contribution in [2.75, 3.05) is 30.9 Å². The smallest absolute Gasteiger partial charge is 0.192 e. The molecule has 0 aromatic carbocycles. The van der Waals surface area contributed by atoms with Crippen LogP contribution in [0.1, 0.15) is 80.1 Å². The number of unbranched alkanes of at least 4 members (excludes halogenated alkanes) is 3. The average molecular weight is 587 g/mol. The Labute approximate surface area is 213 Å². The van der Waals surface area contributed by atoms with Crippen molar-refractivity contribution in [3.63, 3.8) is 0 Å². The monoisotopic (exact) mass is 586 g/mol. The van der Waals surface area contributed by atoms with Crippen molar-refractivity contribution < 1.29 is 23.4 Å². The van der Waals surface area contributed by atoms with E-state index in [1.165, 1.54) is 0 Å². The van der Waals surface area contributed by atoms with Crippen molar-refractivity contribution in [1.29, 1.82) is 0 Å². The van der Waals surface area contributed by atoms with Gasteiger partial charge in [-0.3, -0.25) is 0 Å². The molecule has 1 aliphatic rings. The molecule has 1 rings (SSSR count). The molecule has 0 spiro atoms. The molecule has 1 fully saturated rings. The van der Waals surface area contributed by atoms with E-state index in [-0.39, 0.29) is 35.6 Å². The molecule has 0 aromatic rings. The average Bonchev–Trinajstić information content (AvgIpc) is 2.73. The summed E-state index contributed by atoms with van der Waals surface area (Å²) in [4.78, 5) is 0. The second-order valence-electron chi connectivity index (χ2n) is 10.5. The van der Waals surface area contributed by atoms with Crippen LogP contribution in [0.4, 0.5) is 0 Å². The van der Waals surface area contributed by atoms with E-state index in [1.807, 2.05) is 0 Å². The molecular weight excluding hydrogens is 535 g/mol. The topological polar surface area (TPSA) is 46.2 Å². The molecule has 32 heavy (non-hydrogen) atoms. The van der Waals surface area contributed by atoms with E-state index >= 15 is 0 Å². The fourth-order valence-corrected chi connectivity index (χ4v) is 5.50. The first-order chi connectivity index (χ1) is 15.1. The highest BCUT2D eigenvalue weighted by Crippen LogP contribution is 2.40. The van der Waals surface area contributed by atoms with Crippen molar-refractivity contribution in [3.8, 4) is 0 Å². The Morgan fingerprint density at radius 2 is 1.31 bits per heavy atom. The molecule has 5 atom stereocenters. The van der Waals surface area contributed by atoms with Crippen molar-refractivity contribution in [1.82, 2.24) is 0 Å². The lowest BCUT2D eigenvalue weighted by Gasteiger charge is -2.50. The summed E-state index contributed by atoms with van der Waals surface area (Å²) in [5.41, 5.74) is 0. The van der Waals surface area contributed by atoms with Gasteiger partial charge in [0.2, 0.25) is 0 Å². The fraction of sp³-hybridized carbons (Fsp3) is 1.00. The van der Waals surface area contributed by atoms with Crippen LogP contribution in [0, 0.1) is 0 Å². The summed E-state index contributed by atoms with van der Waals surface area (Å²) in [7, 11) is -2.02. The van der Waals surface area contributed by atoms with Gasteiger partial charge < -0.3 is 23.4 Å². The summed E-state index contributed by atoms with van der Waals surface area (Å²) >= 11 is 2.43. The third kappa shape index (κ3) is 9.78. The first-order valence-electron chi connectivity index (χ1n) is 12.8. The molecule has 1 heterocycles. The lowest BCUT2D eigenvalue weighted by atomic mass is 9.95. The molecule has 5 nitrogen and oxygen atoms in total. The van der Waals surface area contributed by atoms with E-state index in [9.17, 15) is 0 Å². The van der Waals surface area contributed by atoms with E-state index in [1.54, 1.807) is 0 Å². The van der Waals surface area contributed by atoms with Crippen molar-refractivity contribution in [2.45, 2.75) is 129 Å². The van der Waals surface area contributed by atoms with Gasteiger partial charge in [0, 0.05) is 24.2 Å². The number of hydrogen-bond acceptors (Lipinski definition) is 5. The number of halogens is 1. The van der Waals surface area contributed by atoms with Gasteiger partial charge in [-0.25, -0.2) is 0 Å². The Kier molecular flexibility index (Phi) is 15.1. The summed E-state index contributed by atoms with van der Waals surface area (Å²) in [6.45, 7) is 20.8. The Morgan fingerprint density at radius 1 is 0.781 bits per heavy atom. The first-order valence-corrected chi connectivity index (χ1v) is 17.3. The maximum absolute atomic E-state index is 6.98. The molecule has 7 heteroatoms. The molecule has 1 saturated heterocycles. The molecule has 0 radical (unpaired) electrons. The molecule has 0 aromatic heterocycles. The molecule has 0 unspecified atom stereocenters. The highest BCUT2D eigenvalue weighted by Gasteiger charge is 2.51. The minimum atomic E-state index is -2.02. The van der Waals surface area contributed by atoms with Gasteiger partial charge in [0.25, 0.3) is 0 Å². The zero-order chi connectivity index (χ0) is 24.2. The second-order valence-corrected chi connectivity index (χ2v) is 16.2. The van der Waals surface area contributed by atoms with Gasteiger partial charge in [-0.05, 0) is 37.4 Å². The Balaban J connectivity index is 3.17. The minimum Gasteiger partial charge on any atom is -0.408 e. The summed E-state index contributed by atoms with van der Waals surface area (Å²) in [5, 5.41) is 0.121. The Morgan fingerprint density at radius 3 is 1.81 bits per heavy atom. The zero-order valence-corrected chi connectivity index (χ0v) is 25.2. The fourth-order valence-electron chi connectivity index (χ4n) is 3.47. The largest absolute Gasteiger partial charge is 0.408 e. The maximum Gasteiger partial charge on any atom is 0.192 e. The first kappa shape index (κ1) is 30.8. The van der Waals surface area contributed by atoms with E-state index < -0.39 is 8.32 Å². The summed E-state index contributed by atoms with van der Waals surface area (Å²) in [6.07, 6.45) is 5.89. The second kappa shape index (κ2) is 15.7. The van der Waals surface area contributed by atoms with Crippen LogP contribution in [0.5, 0.6) is 0 Å². The molecule has 0 amide bonds. The summed E-state index contributed by atoms with van der Waals surface area (Å²) < 4.78 is 33.5. The van der Waals surface area contributed by atoms with Gasteiger partial charge in [-0.15, -0.1) is 0 Å². The zero-order valence-electron chi connectivity index (χ0n) is 22.1. The molecule has 0 aliphatic carbocycles. The van der Waals surface area contributed by atoms with Gasteiger partial charge in [0.1, 0.15) is 24.4 Å². The third-order valence-electron chi connectivity index (χ3n) is 6.66. The lowest BCUT2D eigenvalue weighted by Crippen LogP contribution is -2.64. The van der Waals surface area contributed by atoms with Crippen molar-refractivity contribution in [3.05, 3.63) is 0 Å². The van der Waals surface area contributed by atoms with Crippen LogP contribution < -0.4 is 0 Å². The Hall–Kier alpha value is 0.747. The van der Waals surface area contributed by atoms with Crippen molar-refractivity contribution >= 4 is 30.9 Å². The van der Waals surface area contributed by atoms with Gasteiger partial charge in [-0.1, -0.05) is 83.4 Å². The minimum absolute atomic E-state index is 0.0258. The lowest BCUT2D eigenvalue weighted by molar-refractivity contribution is -0.247. The normalized spacial score (nSPS) is 27.1. The number of ether oxygens (including phenoxy) is 4. The van der Waals surface area contributed by atoms with E-state index in [4.69, 9.17) is 23.4 Å². The maximum atomic E-state index is 6.98. The van der Waals surface area contributed by atoms with Gasteiger partial charge >= 0.3 is 0 Å². The molecule has 192 valence electrons. The van der Waals surface area contributed by atoms with Gasteiger partial charge in [-0.2, -0.15) is 0 Å². The highest BCUT2D eigenvalue weighted by molar-refractivity contribution is 14.1. The highest BCUT2D eigenvalue weighted by atomic mass is 127. The van der Waals surface area contributed by atoms with Crippen LogP contribution in [-0.2, 0) is 23.4 Å². The standard InChI is InChI=1S/C25H51IO5Si/c1-9-12-15-27-19-21-22(28-16-13-10-2)24(29-17-14-11-3)23(20(18-26)30-21)31-32(7,8)25(4,5)6/h20-24H,9-19H2,1-8H3/t20-,21-,22-,23+,24+/m1/s1. The van der Waals surface area contributed by atoms with Crippen LogP contribution in [0.15, 0.2) is 0 Å². The van der Waals surface area contributed by atoms with Gasteiger partial charge in [0.15, 0.2) is 8.32 Å². The van der Waals surface area contributed by atoms with E-state index in [2.05, 4.69) is 77.2 Å². The predicted octanol–water partition coefficient (Wildman–Crippen LogP) is 6.77. The summed E-state index contributed by atoms with van der Waals surface area (Å²) in [6, 6.07) is 0. The van der Waals surface area contributed by atoms with Crippen LogP contribution in [0.2, 0.25) is 18.1 Å². The Bertz CT molecular complexity index is 485. The predicted molar refractivity (Wildman–Crippen MR) is 145 cm³/mol. The molecule has 0 N–H and O–H groups in total. The molecule has 1 aliphatic heterocycles. The molecule has 0 bridgehead atoms. The van der Waals surface area contributed by atoms with Crippen LogP contribution in [0.3, 0.4) is 0 Å². The number of rotatable bonds is 16. The van der Waals surface area contributed by atoms with Crippen molar-refractivity contribution in [2.24, 2.45) is 0 Å². The van der Waals surface area contributed by atoms with Crippen LogP contribution in [-0.4, -0.2) is 69.7 Å². The quantitative estimate of drug-likeness (QED) is 0.0865. The molecular formula is C25H51IO5Si. The van der Waals surface area contributed by atoms with Crippen LogP contribution in [0.25, 0.3) is 0 Å². The number of alkyl halides is 1. The van der Waals surface area contributed by atoms with Crippen LogP contribution >= 0.6 is 22.6 Å². The van der Waals surface area contributed by atoms with Gasteiger partial charge in [0.05, 0.1) is 12.7 Å².